The van der Waals surface area contributed by atoms with Crippen LogP contribution in [0.25, 0.3) is 21.8 Å². The Morgan fingerprint density at radius 1 is 0.889 bits per heavy atom. The Morgan fingerprint density at radius 2 is 1.61 bits per heavy atom. The fourth-order valence-corrected chi connectivity index (χ4v) is 4.17. The molecule has 0 spiro atoms. The monoisotopic (exact) mass is 503 g/mol. The number of H-pyrrole nitrogens is 2. The molecule has 36 heavy (non-hydrogen) atoms. The van der Waals surface area contributed by atoms with Crippen molar-refractivity contribution in [1.82, 2.24) is 9.97 Å². The van der Waals surface area contributed by atoms with E-state index < -0.39 is 21.8 Å². The van der Waals surface area contributed by atoms with Crippen molar-refractivity contribution in [3.63, 3.8) is 0 Å². The van der Waals surface area contributed by atoms with E-state index in [0.29, 0.717) is 27.5 Å². The van der Waals surface area contributed by atoms with E-state index in [1.165, 1.54) is 30.3 Å². The second-order valence-corrected chi connectivity index (χ2v) is 9.23. The lowest BCUT2D eigenvalue weighted by molar-refractivity contribution is 0.102. The lowest BCUT2D eigenvalue weighted by Crippen LogP contribution is -2.12. The quantitative estimate of drug-likeness (QED) is 0.172. The Labute approximate surface area is 202 Å². The SMILES string of the molecule is O=C(Nc1ccc2[nH]c(=O)[nH]c2c1)c1cc2ccccc2c(N=Nc2ccc(S(=O)(=O)O)cc2)c1O. The Kier molecular flexibility index (Phi) is 5.59. The van der Waals surface area contributed by atoms with Crippen LogP contribution in [0.15, 0.2) is 92.7 Å². The highest BCUT2D eigenvalue weighted by atomic mass is 32.2. The Bertz CT molecular complexity index is 1840. The van der Waals surface area contributed by atoms with Gasteiger partial charge in [-0.2, -0.15) is 13.5 Å². The molecule has 0 atom stereocenters. The number of aromatic amines is 2. The van der Waals surface area contributed by atoms with Gasteiger partial charge in [0.1, 0.15) is 5.69 Å². The molecule has 0 radical (unpaired) electrons. The largest absolute Gasteiger partial charge is 0.505 e. The smallest absolute Gasteiger partial charge is 0.323 e. The molecular formula is C24H17N5O6S. The minimum Gasteiger partial charge on any atom is -0.505 e. The van der Waals surface area contributed by atoms with Crippen LogP contribution in [0.1, 0.15) is 10.4 Å². The van der Waals surface area contributed by atoms with E-state index in [9.17, 15) is 23.1 Å². The minimum atomic E-state index is -4.35. The van der Waals surface area contributed by atoms with Crippen molar-refractivity contribution in [1.29, 1.82) is 0 Å². The number of phenolic OH excluding ortho intramolecular Hbond substituents is 1. The number of carbonyl (C=O) groups excluding carboxylic acids is 1. The molecule has 12 heteroatoms. The highest BCUT2D eigenvalue weighted by molar-refractivity contribution is 7.85. The molecule has 1 heterocycles. The number of azo groups is 1. The van der Waals surface area contributed by atoms with E-state index in [1.54, 1.807) is 42.5 Å². The molecule has 1 aromatic heterocycles. The number of rotatable bonds is 5. The molecule has 0 fully saturated rings. The summed E-state index contributed by atoms with van der Waals surface area (Å²) in [5.74, 6) is -1.01. The first-order chi connectivity index (χ1) is 17.2. The van der Waals surface area contributed by atoms with E-state index in [2.05, 4.69) is 25.5 Å². The van der Waals surface area contributed by atoms with Crippen LogP contribution in [0.4, 0.5) is 17.1 Å². The molecule has 5 aromatic rings. The zero-order chi connectivity index (χ0) is 25.4. The maximum absolute atomic E-state index is 13.1. The Balaban J connectivity index is 1.52. The van der Waals surface area contributed by atoms with Gasteiger partial charge in [-0.3, -0.25) is 9.35 Å². The molecule has 0 saturated carbocycles. The molecule has 0 aliphatic carbocycles. The number of hydrogen-bond donors (Lipinski definition) is 5. The minimum absolute atomic E-state index is 0.0440. The van der Waals surface area contributed by atoms with Crippen molar-refractivity contribution in [2.24, 2.45) is 10.2 Å². The van der Waals surface area contributed by atoms with Gasteiger partial charge < -0.3 is 20.4 Å². The number of benzene rings is 4. The van der Waals surface area contributed by atoms with Gasteiger partial charge in [-0.25, -0.2) is 4.79 Å². The van der Waals surface area contributed by atoms with Gasteiger partial charge in [0, 0.05) is 11.1 Å². The number of phenols is 1. The average molecular weight is 503 g/mol. The summed E-state index contributed by atoms with van der Waals surface area (Å²) in [6.45, 7) is 0. The summed E-state index contributed by atoms with van der Waals surface area (Å²) in [7, 11) is -4.35. The maximum atomic E-state index is 13.1. The third kappa shape index (κ3) is 4.45. The standard InChI is InChI=1S/C24H17N5O6S/c30-22-18(23(31)25-15-7-10-19-20(12-15)27-24(32)26-19)11-13-3-1-2-4-17(13)21(22)29-28-14-5-8-16(9-6-14)36(33,34)35/h1-12,30H,(H,25,31)(H2,26,27,32)(H,33,34,35). The topological polar surface area (TPSA) is 177 Å². The number of imidazole rings is 1. The number of nitrogens with one attached hydrogen (secondary N) is 3. The maximum Gasteiger partial charge on any atom is 0.323 e. The van der Waals surface area contributed by atoms with E-state index >= 15 is 0 Å². The van der Waals surface area contributed by atoms with Crippen molar-refractivity contribution >= 4 is 54.9 Å². The van der Waals surface area contributed by atoms with Gasteiger partial charge in [-0.1, -0.05) is 24.3 Å². The number of aromatic nitrogens is 2. The Morgan fingerprint density at radius 3 is 2.36 bits per heavy atom. The molecule has 0 saturated heterocycles. The van der Waals surface area contributed by atoms with E-state index in [4.69, 9.17) is 4.55 Å². The summed E-state index contributed by atoms with van der Waals surface area (Å²) < 4.78 is 31.6. The van der Waals surface area contributed by atoms with Gasteiger partial charge in [-0.05, 0) is 53.9 Å². The fourth-order valence-electron chi connectivity index (χ4n) is 3.69. The van der Waals surface area contributed by atoms with Gasteiger partial charge in [0.05, 0.1) is 27.2 Å². The van der Waals surface area contributed by atoms with Crippen LogP contribution in [0.3, 0.4) is 0 Å². The summed E-state index contributed by atoms with van der Waals surface area (Å²) in [5, 5.41) is 23.0. The second-order valence-electron chi connectivity index (χ2n) is 7.81. The number of carbonyl (C=O) groups is 1. The Hall–Kier alpha value is -4.81. The summed E-state index contributed by atoms with van der Waals surface area (Å²) >= 11 is 0. The normalized spacial score (nSPS) is 11.9. The fraction of sp³-hybridized carbons (Fsp3) is 0. The highest BCUT2D eigenvalue weighted by Gasteiger charge is 2.19. The van der Waals surface area contributed by atoms with Crippen LogP contribution < -0.4 is 11.0 Å². The number of hydrogen-bond acceptors (Lipinski definition) is 7. The van der Waals surface area contributed by atoms with Crippen molar-refractivity contribution in [2.75, 3.05) is 5.32 Å². The van der Waals surface area contributed by atoms with E-state index in [0.717, 1.165) is 0 Å². The third-order valence-corrected chi connectivity index (χ3v) is 6.28. The number of anilines is 1. The van der Waals surface area contributed by atoms with Crippen molar-refractivity contribution in [3.05, 3.63) is 88.8 Å². The summed E-state index contributed by atoms with van der Waals surface area (Å²) in [6.07, 6.45) is 0. The van der Waals surface area contributed by atoms with Crippen LogP contribution in [-0.2, 0) is 10.1 Å². The number of aromatic hydroxyl groups is 1. The van der Waals surface area contributed by atoms with Crippen LogP contribution in [-0.4, -0.2) is 34.0 Å². The first-order valence-electron chi connectivity index (χ1n) is 10.5. The van der Waals surface area contributed by atoms with E-state index in [-0.39, 0.29) is 27.5 Å². The molecule has 5 N–H and O–H groups in total. The van der Waals surface area contributed by atoms with Crippen molar-refractivity contribution < 1.29 is 22.9 Å². The molecule has 0 aliphatic rings. The average Bonchev–Trinajstić information content (AvgIpc) is 3.22. The van der Waals surface area contributed by atoms with Crippen LogP contribution in [0.5, 0.6) is 5.75 Å². The predicted octanol–water partition coefficient (Wildman–Crippen LogP) is 4.63. The van der Waals surface area contributed by atoms with Gasteiger partial charge in [0.25, 0.3) is 16.0 Å². The number of amides is 1. The van der Waals surface area contributed by atoms with Gasteiger partial charge in [-0.15, -0.1) is 5.11 Å². The lowest BCUT2D eigenvalue weighted by atomic mass is 10.0. The lowest BCUT2D eigenvalue weighted by Gasteiger charge is -2.11. The molecule has 4 aromatic carbocycles. The molecule has 5 rings (SSSR count). The third-order valence-electron chi connectivity index (χ3n) is 5.41. The van der Waals surface area contributed by atoms with E-state index in [1.807, 2.05) is 0 Å². The molecule has 180 valence electrons. The van der Waals surface area contributed by atoms with Gasteiger partial charge >= 0.3 is 5.69 Å². The molecular weight excluding hydrogens is 486 g/mol. The molecule has 0 bridgehead atoms. The van der Waals surface area contributed by atoms with Gasteiger partial charge in [0.2, 0.25) is 0 Å². The van der Waals surface area contributed by atoms with Crippen molar-refractivity contribution in [3.8, 4) is 5.75 Å². The number of fused-ring (bicyclic) bond motifs is 2. The predicted molar refractivity (Wildman–Crippen MR) is 133 cm³/mol. The van der Waals surface area contributed by atoms with Crippen LogP contribution in [0.2, 0.25) is 0 Å². The zero-order valence-corrected chi connectivity index (χ0v) is 19.1. The second kappa shape index (κ2) is 8.76. The molecule has 1 amide bonds. The number of nitrogens with zero attached hydrogens (tertiary/aromatic N) is 2. The van der Waals surface area contributed by atoms with Gasteiger partial charge in [0.15, 0.2) is 5.75 Å². The first-order valence-corrected chi connectivity index (χ1v) is 11.9. The van der Waals surface area contributed by atoms with Crippen molar-refractivity contribution in [2.45, 2.75) is 4.90 Å². The molecule has 0 aliphatic heterocycles. The summed E-state index contributed by atoms with van der Waals surface area (Å²) in [6, 6.07) is 18.3. The van der Waals surface area contributed by atoms with Crippen LogP contribution in [0, 0.1) is 0 Å². The van der Waals surface area contributed by atoms with Crippen LogP contribution >= 0.6 is 0 Å². The first kappa shape index (κ1) is 23.0. The molecule has 0 unspecified atom stereocenters. The summed E-state index contributed by atoms with van der Waals surface area (Å²) in [5.41, 5.74) is 1.37. The highest BCUT2D eigenvalue weighted by Crippen LogP contribution is 2.39. The summed E-state index contributed by atoms with van der Waals surface area (Å²) in [4.78, 5) is 29.5. The zero-order valence-electron chi connectivity index (χ0n) is 18.3. The molecule has 11 nitrogen and oxygen atoms in total.